The highest BCUT2D eigenvalue weighted by Gasteiger charge is 2.28. The van der Waals surface area contributed by atoms with Crippen LogP contribution in [0, 0.1) is 10.8 Å². The second kappa shape index (κ2) is 7.45. The first-order valence-corrected chi connectivity index (χ1v) is 9.01. The van der Waals surface area contributed by atoms with E-state index in [1.807, 2.05) is 77.9 Å². The summed E-state index contributed by atoms with van der Waals surface area (Å²) in [5.41, 5.74) is 2.13. The fraction of sp³-hybridized carbons (Fsp3) is 0.391. The zero-order valence-corrected chi connectivity index (χ0v) is 16.6. The van der Waals surface area contributed by atoms with E-state index in [-0.39, 0.29) is 11.6 Å². The topological polar surface area (TPSA) is 46.2 Å². The van der Waals surface area contributed by atoms with Gasteiger partial charge in [-0.3, -0.25) is 9.59 Å². The van der Waals surface area contributed by atoms with Gasteiger partial charge in [-0.15, -0.1) is 0 Å². The molecule has 0 fully saturated rings. The normalized spacial score (nSPS) is 11.9. The lowest BCUT2D eigenvalue weighted by Crippen LogP contribution is -2.23. The molecule has 1 N–H and O–H groups in total. The van der Waals surface area contributed by atoms with Gasteiger partial charge in [-0.25, -0.2) is 0 Å². The van der Waals surface area contributed by atoms with Crippen molar-refractivity contribution in [1.82, 2.24) is 0 Å². The van der Waals surface area contributed by atoms with Crippen LogP contribution in [-0.4, -0.2) is 11.6 Å². The largest absolute Gasteiger partial charge is 0.380 e. The molecule has 0 spiro atoms. The minimum atomic E-state index is -0.487. The van der Waals surface area contributed by atoms with Crippen LogP contribution in [0.3, 0.4) is 0 Å². The van der Waals surface area contributed by atoms with E-state index < -0.39 is 10.8 Å². The van der Waals surface area contributed by atoms with Crippen molar-refractivity contribution in [3.8, 4) is 0 Å². The molecule has 2 aromatic carbocycles. The summed E-state index contributed by atoms with van der Waals surface area (Å²) in [6.45, 7) is 12.0. The first-order chi connectivity index (χ1) is 12.0. The number of rotatable bonds is 5. The molecule has 3 heteroatoms. The summed E-state index contributed by atoms with van der Waals surface area (Å²) < 4.78 is 0. The van der Waals surface area contributed by atoms with Crippen LogP contribution in [0.25, 0.3) is 0 Å². The Hall–Kier alpha value is -2.42. The van der Waals surface area contributed by atoms with E-state index in [1.54, 1.807) is 12.1 Å². The number of nitrogens with one attached hydrogen (secondary N) is 1. The van der Waals surface area contributed by atoms with Crippen LogP contribution in [-0.2, 0) is 6.54 Å². The van der Waals surface area contributed by atoms with Gasteiger partial charge in [0.15, 0.2) is 11.6 Å². The molecule has 0 saturated heterocycles. The molecule has 0 unspecified atom stereocenters. The fourth-order valence-corrected chi connectivity index (χ4v) is 2.66. The zero-order valence-electron chi connectivity index (χ0n) is 16.6. The predicted octanol–water partition coefficient (Wildman–Crippen LogP) is 5.76. The number of anilines is 1. The van der Waals surface area contributed by atoms with Crippen LogP contribution < -0.4 is 5.32 Å². The van der Waals surface area contributed by atoms with Crippen molar-refractivity contribution < 1.29 is 9.59 Å². The van der Waals surface area contributed by atoms with Gasteiger partial charge in [-0.2, -0.15) is 0 Å². The molecule has 0 heterocycles. The summed E-state index contributed by atoms with van der Waals surface area (Å²) in [6, 6.07) is 15.4. The second-order valence-corrected chi connectivity index (χ2v) is 8.76. The average Bonchev–Trinajstić information content (AvgIpc) is 2.57. The lowest BCUT2D eigenvalue weighted by Gasteiger charge is -2.22. The maximum Gasteiger partial charge on any atom is 0.170 e. The summed E-state index contributed by atoms with van der Waals surface area (Å²) in [7, 11) is 0. The number of carbonyl (C=O) groups excluding carboxylic acids is 2. The number of carbonyl (C=O) groups is 2. The van der Waals surface area contributed by atoms with Crippen LogP contribution in [0.2, 0.25) is 0 Å². The Morgan fingerprint density at radius 2 is 1.38 bits per heavy atom. The zero-order chi connectivity index (χ0) is 19.5. The summed E-state index contributed by atoms with van der Waals surface area (Å²) in [6.07, 6.45) is 0. The molecule has 0 atom stereocenters. The van der Waals surface area contributed by atoms with Crippen LogP contribution in [0.15, 0.2) is 48.5 Å². The van der Waals surface area contributed by atoms with Crippen molar-refractivity contribution in [1.29, 1.82) is 0 Å². The second-order valence-electron chi connectivity index (χ2n) is 8.76. The SMILES string of the molecule is CC(C)(C)C(=O)c1ccc(C(=O)C(C)(C)C)c(NCc2ccccc2)c1. The van der Waals surface area contributed by atoms with Crippen molar-refractivity contribution in [2.75, 3.05) is 5.32 Å². The monoisotopic (exact) mass is 351 g/mol. The highest BCUT2D eigenvalue weighted by Crippen LogP contribution is 2.29. The Kier molecular flexibility index (Phi) is 5.70. The predicted molar refractivity (Wildman–Crippen MR) is 108 cm³/mol. The van der Waals surface area contributed by atoms with E-state index >= 15 is 0 Å². The van der Waals surface area contributed by atoms with E-state index in [0.29, 0.717) is 23.4 Å². The number of hydrogen-bond acceptors (Lipinski definition) is 3. The first-order valence-electron chi connectivity index (χ1n) is 9.01. The Labute approximate surface area is 156 Å². The van der Waals surface area contributed by atoms with Gasteiger partial charge in [-0.1, -0.05) is 77.9 Å². The minimum absolute atomic E-state index is 0.0582. The summed E-state index contributed by atoms with van der Waals surface area (Å²) >= 11 is 0. The Bertz CT molecular complexity index is 793. The van der Waals surface area contributed by atoms with Gasteiger partial charge in [-0.05, 0) is 17.7 Å². The van der Waals surface area contributed by atoms with E-state index in [2.05, 4.69) is 5.32 Å². The highest BCUT2D eigenvalue weighted by atomic mass is 16.1. The molecule has 3 nitrogen and oxygen atoms in total. The Morgan fingerprint density at radius 1 is 0.808 bits per heavy atom. The molecule has 2 aromatic rings. The smallest absolute Gasteiger partial charge is 0.170 e. The number of hydrogen-bond donors (Lipinski definition) is 1. The van der Waals surface area contributed by atoms with Gasteiger partial charge in [0, 0.05) is 34.2 Å². The summed E-state index contributed by atoms with van der Waals surface area (Å²) in [5, 5.41) is 3.36. The quantitative estimate of drug-likeness (QED) is 0.697. The van der Waals surface area contributed by atoms with Crippen molar-refractivity contribution >= 4 is 17.3 Å². The molecule has 138 valence electrons. The van der Waals surface area contributed by atoms with Gasteiger partial charge < -0.3 is 5.32 Å². The number of Topliss-reactive ketones (excluding diaryl/α,β-unsaturated/α-hetero) is 2. The molecule has 0 aromatic heterocycles. The van der Waals surface area contributed by atoms with E-state index in [1.165, 1.54) is 0 Å². The molecule has 0 amide bonds. The molecule has 0 aliphatic rings. The van der Waals surface area contributed by atoms with Crippen LogP contribution in [0.5, 0.6) is 0 Å². The lowest BCUT2D eigenvalue weighted by molar-refractivity contribution is 0.0849. The minimum Gasteiger partial charge on any atom is -0.380 e. The molecule has 0 aliphatic heterocycles. The molecule has 0 saturated carbocycles. The molecular formula is C23H29NO2. The van der Waals surface area contributed by atoms with Crippen molar-refractivity contribution in [2.45, 2.75) is 48.1 Å². The molecule has 0 aliphatic carbocycles. The van der Waals surface area contributed by atoms with Crippen LogP contribution in [0.1, 0.15) is 67.8 Å². The molecule has 2 rings (SSSR count). The Morgan fingerprint density at radius 3 is 1.92 bits per heavy atom. The fourth-order valence-electron chi connectivity index (χ4n) is 2.66. The third kappa shape index (κ3) is 4.81. The van der Waals surface area contributed by atoms with Gasteiger partial charge >= 0.3 is 0 Å². The van der Waals surface area contributed by atoms with Crippen molar-refractivity contribution in [2.24, 2.45) is 10.8 Å². The Balaban J connectivity index is 2.41. The van der Waals surface area contributed by atoms with Gasteiger partial charge in [0.1, 0.15) is 0 Å². The van der Waals surface area contributed by atoms with E-state index in [4.69, 9.17) is 0 Å². The van der Waals surface area contributed by atoms with Gasteiger partial charge in [0.2, 0.25) is 0 Å². The van der Waals surface area contributed by atoms with Gasteiger partial charge in [0.25, 0.3) is 0 Å². The molecule has 0 bridgehead atoms. The summed E-state index contributed by atoms with van der Waals surface area (Å²) in [4.78, 5) is 25.5. The summed E-state index contributed by atoms with van der Waals surface area (Å²) in [5.74, 6) is 0.123. The molecule has 26 heavy (non-hydrogen) atoms. The maximum atomic E-state index is 12.9. The third-order valence-electron chi connectivity index (χ3n) is 4.21. The third-order valence-corrected chi connectivity index (χ3v) is 4.21. The first kappa shape index (κ1) is 19.9. The van der Waals surface area contributed by atoms with Crippen LogP contribution in [0.4, 0.5) is 5.69 Å². The van der Waals surface area contributed by atoms with Crippen molar-refractivity contribution in [3.05, 3.63) is 65.2 Å². The maximum absolute atomic E-state index is 12.9. The van der Waals surface area contributed by atoms with Crippen molar-refractivity contribution in [3.63, 3.8) is 0 Å². The number of ketones is 2. The number of benzene rings is 2. The highest BCUT2D eigenvalue weighted by molar-refractivity contribution is 6.07. The van der Waals surface area contributed by atoms with Crippen LogP contribution >= 0.6 is 0 Å². The lowest BCUT2D eigenvalue weighted by atomic mass is 9.83. The average molecular weight is 351 g/mol. The standard InChI is InChI=1S/C23H29NO2/c1-22(2,3)20(25)17-12-13-18(21(26)23(4,5)6)19(14-17)24-15-16-10-8-7-9-11-16/h7-14,24H,15H2,1-6H3. The molecule has 0 radical (unpaired) electrons. The van der Waals surface area contributed by atoms with E-state index in [0.717, 1.165) is 5.56 Å². The molecular weight excluding hydrogens is 322 g/mol. The van der Waals surface area contributed by atoms with E-state index in [9.17, 15) is 9.59 Å². The van der Waals surface area contributed by atoms with Gasteiger partial charge in [0.05, 0.1) is 0 Å².